The van der Waals surface area contributed by atoms with Gasteiger partial charge in [0.25, 0.3) is 0 Å². The Morgan fingerprint density at radius 2 is 2.04 bits per heavy atom. The maximum absolute atomic E-state index is 12.1. The van der Waals surface area contributed by atoms with Gasteiger partial charge < -0.3 is 15.4 Å². The van der Waals surface area contributed by atoms with Crippen LogP contribution in [-0.4, -0.2) is 23.8 Å². The fourth-order valence-corrected chi connectivity index (χ4v) is 4.04. The highest BCUT2D eigenvalue weighted by molar-refractivity contribution is 7.17. The molecule has 0 bridgehead atoms. The Morgan fingerprint density at radius 1 is 1.29 bits per heavy atom. The number of fused-ring (bicyclic) bond motifs is 1. The van der Waals surface area contributed by atoms with Gasteiger partial charge in [-0.05, 0) is 62.4 Å². The molecule has 0 aliphatic heterocycles. The van der Waals surface area contributed by atoms with Crippen molar-refractivity contribution in [2.75, 3.05) is 6.54 Å². The van der Waals surface area contributed by atoms with E-state index in [2.05, 4.69) is 40.3 Å². The molecule has 0 unspecified atom stereocenters. The molecule has 1 aliphatic carbocycles. The molecule has 1 fully saturated rings. The number of ether oxygens (including phenoxy) is 1. The summed E-state index contributed by atoms with van der Waals surface area (Å²) >= 11 is 1.78. The molecule has 24 heavy (non-hydrogen) atoms. The van der Waals surface area contributed by atoms with E-state index in [0.717, 1.165) is 32.4 Å². The Bertz CT molecular complexity index is 713. The summed E-state index contributed by atoms with van der Waals surface area (Å²) in [4.78, 5) is 12.1. The number of hydrogen-bond donors (Lipinski definition) is 2. The van der Waals surface area contributed by atoms with Gasteiger partial charge in [0.05, 0.1) is 5.54 Å². The van der Waals surface area contributed by atoms with Gasteiger partial charge >= 0.3 is 6.09 Å². The molecule has 0 radical (unpaired) electrons. The van der Waals surface area contributed by atoms with Crippen LogP contribution in [0.3, 0.4) is 0 Å². The summed E-state index contributed by atoms with van der Waals surface area (Å²) in [6, 6.07) is 8.47. The summed E-state index contributed by atoms with van der Waals surface area (Å²) in [5, 5.41) is 10.1. The number of nitrogens with one attached hydrogen (secondary N) is 2. The first-order valence-electron chi connectivity index (χ1n) is 8.54. The average molecular weight is 346 g/mol. The zero-order chi connectivity index (χ0) is 17.2. The minimum atomic E-state index is -0.460. The standard InChI is InChI=1S/C19H26N2O2S/c1-18(2,3)23-17(22)21-19(9-6-10-19)13-20-11-14-12-24-16-8-5-4-7-15(14)16/h4-5,7-8,12,20H,6,9-11,13H2,1-3H3,(H,21,22). The van der Waals surface area contributed by atoms with Gasteiger partial charge in [-0.2, -0.15) is 0 Å². The topological polar surface area (TPSA) is 50.4 Å². The predicted molar refractivity (Wildman–Crippen MR) is 99.5 cm³/mol. The minimum absolute atomic E-state index is 0.159. The molecule has 1 heterocycles. The van der Waals surface area contributed by atoms with Crippen LogP contribution in [0.15, 0.2) is 29.6 Å². The summed E-state index contributed by atoms with van der Waals surface area (Å²) in [6.45, 7) is 7.26. The molecule has 1 aromatic heterocycles. The van der Waals surface area contributed by atoms with Gasteiger partial charge in [0, 0.05) is 17.8 Å². The molecule has 1 aromatic carbocycles. The maximum Gasteiger partial charge on any atom is 0.408 e. The Morgan fingerprint density at radius 3 is 2.71 bits per heavy atom. The normalized spacial score (nSPS) is 16.6. The molecule has 2 aromatic rings. The van der Waals surface area contributed by atoms with Crippen LogP contribution in [-0.2, 0) is 11.3 Å². The molecule has 1 saturated carbocycles. The molecule has 4 nitrogen and oxygen atoms in total. The van der Waals surface area contributed by atoms with Crippen molar-refractivity contribution in [3.63, 3.8) is 0 Å². The lowest BCUT2D eigenvalue weighted by Crippen LogP contribution is -2.59. The molecule has 0 spiro atoms. The van der Waals surface area contributed by atoms with E-state index in [9.17, 15) is 4.79 Å². The van der Waals surface area contributed by atoms with Crippen molar-refractivity contribution >= 4 is 27.5 Å². The second kappa shape index (κ2) is 6.73. The van der Waals surface area contributed by atoms with Crippen LogP contribution in [0.1, 0.15) is 45.6 Å². The van der Waals surface area contributed by atoms with E-state index in [-0.39, 0.29) is 11.6 Å². The van der Waals surface area contributed by atoms with E-state index in [0.29, 0.717) is 0 Å². The van der Waals surface area contributed by atoms with Crippen molar-refractivity contribution in [1.29, 1.82) is 0 Å². The summed E-state index contributed by atoms with van der Waals surface area (Å²) < 4.78 is 6.72. The third-order valence-corrected chi connectivity index (χ3v) is 5.43. The van der Waals surface area contributed by atoms with Crippen LogP contribution in [0.2, 0.25) is 0 Å². The first-order valence-corrected chi connectivity index (χ1v) is 9.42. The molecule has 0 saturated heterocycles. The Kier molecular flexibility index (Phi) is 4.83. The average Bonchev–Trinajstić information content (AvgIpc) is 2.86. The fraction of sp³-hybridized carbons (Fsp3) is 0.526. The summed E-state index contributed by atoms with van der Waals surface area (Å²) in [5.41, 5.74) is 0.703. The lowest BCUT2D eigenvalue weighted by molar-refractivity contribution is 0.0382. The minimum Gasteiger partial charge on any atom is -0.444 e. The van der Waals surface area contributed by atoms with Gasteiger partial charge in [0.1, 0.15) is 5.60 Å². The monoisotopic (exact) mass is 346 g/mol. The van der Waals surface area contributed by atoms with E-state index in [1.165, 1.54) is 15.6 Å². The van der Waals surface area contributed by atoms with Crippen molar-refractivity contribution in [1.82, 2.24) is 10.6 Å². The number of carbonyl (C=O) groups excluding carboxylic acids is 1. The van der Waals surface area contributed by atoms with E-state index in [1.807, 2.05) is 20.8 Å². The van der Waals surface area contributed by atoms with Crippen LogP contribution >= 0.6 is 11.3 Å². The highest BCUT2D eigenvalue weighted by Gasteiger charge is 2.39. The summed E-state index contributed by atoms with van der Waals surface area (Å²) in [5.74, 6) is 0. The second-order valence-electron chi connectivity index (χ2n) is 7.62. The number of carbonyl (C=O) groups is 1. The van der Waals surface area contributed by atoms with E-state index in [1.54, 1.807) is 11.3 Å². The molecular weight excluding hydrogens is 320 g/mol. The van der Waals surface area contributed by atoms with Crippen molar-refractivity contribution in [3.05, 3.63) is 35.2 Å². The van der Waals surface area contributed by atoms with Crippen molar-refractivity contribution < 1.29 is 9.53 Å². The summed E-state index contributed by atoms with van der Waals surface area (Å²) in [6.07, 6.45) is 2.84. The molecule has 1 amide bonds. The van der Waals surface area contributed by atoms with Crippen molar-refractivity contribution in [3.8, 4) is 0 Å². The van der Waals surface area contributed by atoms with Crippen LogP contribution < -0.4 is 10.6 Å². The van der Waals surface area contributed by atoms with Gasteiger partial charge in [-0.15, -0.1) is 11.3 Å². The van der Waals surface area contributed by atoms with E-state index >= 15 is 0 Å². The predicted octanol–water partition coefficient (Wildman–Crippen LogP) is 4.44. The highest BCUT2D eigenvalue weighted by Crippen LogP contribution is 2.32. The molecule has 130 valence electrons. The molecule has 2 N–H and O–H groups in total. The number of amides is 1. The maximum atomic E-state index is 12.1. The number of benzene rings is 1. The molecular formula is C19H26N2O2S. The van der Waals surface area contributed by atoms with Gasteiger partial charge in [0.15, 0.2) is 0 Å². The van der Waals surface area contributed by atoms with E-state index < -0.39 is 5.60 Å². The molecule has 3 rings (SSSR count). The van der Waals surface area contributed by atoms with Crippen LogP contribution in [0.25, 0.3) is 10.1 Å². The Labute approximate surface area is 147 Å². The van der Waals surface area contributed by atoms with Crippen LogP contribution in [0.4, 0.5) is 4.79 Å². The number of hydrogen-bond acceptors (Lipinski definition) is 4. The molecule has 5 heteroatoms. The highest BCUT2D eigenvalue weighted by atomic mass is 32.1. The first-order chi connectivity index (χ1) is 11.4. The van der Waals surface area contributed by atoms with Gasteiger partial charge in [-0.25, -0.2) is 4.79 Å². The zero-order valence-electron chi connectivity index (χ0n) is 14.6. The lowest BCUT2D eigenvalue weighted by Gasteiger charge is -2.42. The van der Waals surface area contributed by atoms with Crippen molar-refractivity contribution in [2.24, 2.45) is 0 Å². The molecule has 1 aliphatic rings. The lowest BCUT2D eigenvalue weighted by atomic mass is 9.76. The first kappa shape index (κ1) is 17.2. The largest absolute Gasteiger partial charge is 0.444 e. The quantitative estimate of drug-likeness (QED) is 0.841. The number of thiophene rings is 1. The van der Waals surface area contributed by atoms with Gasteiger partial charge in [-0.1, -0.05) is 18.2 Å². The van der Waals surface area contributed by atoms with Crippen LogP contribution in [0, 0.1) is 0 Å². The van der Waals surface area contributed by atoms with Crippen LogP contribution in [0.5, 0.6) is 0 Å². The van der Waals surface area contributed by atoms with Gasteiger partial charge in [-0.3, -0.25) is 0 Å². The number of alkyl carbamates (subject to hydrolysis) is 1. The molecule has 0 atom stereocenters. The third kappa shape index (κ3) is 4.08. The van der Waals surface area contributed by atoms with Gasteiger partial charge in [0.2, 0.25) is 0 Å². The SMILES string of the molecule is CC(C)(C)OC(=O)NC1(CNCc2csc3ccccc23)CCC1. The third-order valence-electron chi connectivity index (χ3n) is 4.42. The number of rotatable bonds is 5. The van der Waals surface area contributed by atoms with Crippen molar-refractivity contribution in [2.45, 2.75) is 57.7 Å². The Hall–Kier alpha value is -1.59. The second-order valence-corrected chi connectivity index (χ2v) is 8.53. The zero-order valence-corrected chi connectivity index (χ0v) is 15.5. The Balaban J connectivity index is 1.55. The summed E-state index contributed by atoms with van der Waals surface area (Å²) in [7, 11) is 0. The van der Waals surface area contributed by atoms with E-state index in [4.69, 9.17) is 4.74 Å². The fourth-order valence-electron chi connectivity index (χ4n) is 3.08. The smallest absolute Gasteiger partial charge is 0.408 e.